The van der Waals surface area contributed by atoms with Crippen LogP contribution in [0.15, 0.2) is 0 Å². The number of nitrogens with zero attached hydrogens (tertiary/aromatic N) is 2. The number of piperazine rings is 1. The summed E-state index contributed by atoms with van der Waals surface area (Å²) in [6, 6.07) is -0.335. The lowest BCUT2D eigenvalue weighted by Crippen LogP contribution is -2.62. The number of hydrogen-bond acceptors (Lipinski definition) is 6. The van der Waals surface area contributed by atoms with Crippen LogP contribution in [-0.4, -0.2) is 91.0 Å². The fraction of sp³-hybridized carbons (Fsp3) is 0.850. The van der Waals surface area contributed by atoms with Crippen molar-refractivity contribution >= 4 is 17.9 Å². The van der Waals surface area contributed by atoms with E-state index in [2.05, 4.69) is 5.32 Å². The third kappa shape index (κ3) is 5.82. The van der Waals surface area contributed by atoms with Crippen molar-refractivity contribution in [3.63, 3.8) is 0 Å². The first-order chi connectivity index (χ1) is 13.7. The van der Waals surface area contributed by atoms with Gasteiger partial charge in [0, 0.05) is 39.4 Å². The zero-order valence-electron chi connectivity index (χ0n) is 17.6. The zero-order valence-corrected chi connectivity index (χ0v) is 17.6. The van der Waals surface area contributed by atoms with Crippen molar-refractivity contribution in [3.05, 3.63) is 0 Å². The highest BCUT2D eigenvalue weighted by Gasteiger charge is 2.38. The van der Waals surface area contributed by atoms with E-state index < -0.39 is 23.9 Å². The molecule has 0 saturated carbocycles. The minimum absolute atomic E-state index is 0.0669. The highest BCUT2D eigenvalue weighted by Crippen LogP contribution is 2.20. The van der Waals surface area contributed by atoms with Crippen molar-refractivity contribution in [2.45, 2.75) is 70.3 Å². The highest BCUT2D eigenvalue weighted by atomic mass is 16.6. The standard InChI is InChI=1S/C20H33N3O6/c1-20(2,3)29-19(26)22-8-9-23(18(25)16-7-5-11-28-16)14(13-22)12-21-17(24)15-6-4-10-27-15/h14-16H,4-13H2,1-3H3,(H,21,24)/t14-,15+,16+/m1/s1. The van der Waals surface area contributed by atoms with E-state index in [9.17, 15) is 14.4 Å². The summed E-state index contributed by atoms with van der Waals surface area (Å²) in [4.78, 5) is 41.2. The number of hydrogen-bond donors (Lipinski definition) is 1. The summed E-state index contributed by atoms with van der Waals surface area (Å²) in [5.74, 6) is -0.232. The minimum Gasteiger partial charge on any atom is -0.444 e. The van der Waals surface area contributed by atoms with Crippen molar-refractivity contribution in [2.24, 2.45) is 0 Å². The summed E-state index contributed by atoms with van der Waals surface area (Å²) in [6.45, 7) is 7.99. The van der Waals surface area contributed by atoms with Crippen molar-refractivity contribution in [2.75, 3.05) is 39.4 Å². The average Bonchev–Trinajstić information content (AvgIpc) is 3.37. The Balaban J connectivity index is 1.64. The molecule has 0 spiro atoms. The quantitative estimate of drug-likeness (QED) is 0.739. The molecule has 3 aliphatic rings. The first-order valence-electron chi connectivity index (χ1n) is 10.5. The van der Waals surface area contributed by atoms with E-state index in [0.717, 1.165) is 12.8 Å². The molecular weight excluding hydrogens is 378 g/mol. The van der Waals surface area contributed by atoms with Crippen molar-refractivity contribution in [1.29, 1.82) is 0 Å². The molecule has 0 bridgehead atoms. The molecule has 3 atom stereocenters. The molecule has 0 aromatic carbocycles. The molecule has 3 amide bonds. The van der Waals surface area contributed by atoms with Crippen LogP contribution in [0.3, 0.4) is 0 Å². The number of carbonyl (C=O) groups is 3. The van der Waals surface area contributed by atoms with Gasteiger partial charge in [-0.15, -0.1) is 0 Å². The van der Waals surface area contributed by atoms with Crippen LogP contribution in [0.5, 0.6) is 0 Å². The van der Waals surface area contributed by atoms with Crippen LogP contribution >= 0.6 is 0 Å². The zero-order chi connectivity index (χ0) is 21.0. The maximum atomic E-state index is 12.9. The first-order valence-corrected chi connectivity index (χ1v) is 10.5. The Hall–Kier alpha value is -1.87. The van der Waals surface area contributed by atoms with Gasteiger partial charge in [-0.1, -0.05) is 0 Å². The summed E-state index contributed by atoms with van der Waals surface area (Å²) in [5, 5.41) is 2.90. The monoisotopic (exact) mass is 411 g/mol. The van der Waals surface area contributed by atoms with E-state index in [1.54, 1.807) is 9.80 Å². The van der Waals surface area contributed by atoms with Gasteiger partial charge in [-0.3, -0.25) is 9.59 Å². The molecule has 3 heterocycles. The van der Waals surface area contributed by atoms with E-state index in [1.165, 1.54) is 0 Å². The van der Waals surface area contributed by atoms with Gasteiger partial charge in [0.25, 0.3) is 5.91 Å². The third-order valence-electron chi connectivity index (χ3n) is 5.36. The topological polar surface area (TPSA) is 97.4 Å². The van der Waals surface area contributed by atoms with Crippen LogP contribution in [0.1, 0.15) is 46.5 Å². The summed E-state index contributed by atoms with van der Waals surface area (Å²) >= 11 is 0. The van der Waals surface area contributed by atoms with Crippen molar-refractivity contribution < 1.29 is 28.6 Å². The van der Waals surface area contributed by atoms with E-state index >= 15 is 0 Å². The Morgan fingerprint density at radius 1 is 1.03 bits per heavy atom. The molecule has 0 aromatic heterocycles. The lowest BCUT2D eigenvalue weighted by molar-refractivity contribution is -0.146. The Labute approximate surface area is 172 Å². The molecule has 3 rings (SSSR count). The second-order valence-corrected chi connectivity index (χ2v) is 8.86. The molecule has 1 N–H and O–H groups in total. The fourth-order valence-electron chi connectivity index (χ4n) is 3.89. The Bertz CT molecular complexity index is 608. The summed E-state index contributed by atoms with van der Waals surface area (Å²) in [5.41, 5.74) is -0.592. The fourth-order valence-corrected chi connectivity index (χ4v) is 3.89. The van der Waals surface area contributed by atoms with E-state index in [1.807, 2.05) is 20.8 Å². The van der Waals surface area contributed by atoms with Gasteiger partial charge in [-0.05, 0) is 46.5 Å². The van der Waals surface area contributed by atoms with Gasteiger partial charge in [0.1, 0.15) is 17.8 Å². The van der Waals surface area contributed by atoms with Crippen molar-refractivity contribution in [1.82, 2.24) is 15.1 Å². The maximum Gasteiger partial charge on any atom is 0.410 e. The van der Waals surface area contributed by atoms with Gasteiger partial charge in [0.05, 0.1) is 6.04 Å². The largest absolute Gasteiger partial charge is 0.444 e. The predicted octanol–water partition coefficient (Wildman–Crippen LogP) is 0.909. The van der Waals surface area contributed by atoms with Gasteiger partial charge < -0.3 is 29.3 Å². The Kier molecular flexibility index (Phi) is 7.00. The van der Waals surface area contributed by atoms with Gasteiger partial charge in [-0.2, -0.15) is 0 Å². The number of nitrogens with one attached hydrogen (secondary N) is 1. The second kappa shape index (κ2) is 9.30. The van der Waals surface area contributed by atoms with Crippen LogP contribution in [0.4, 0.5) is 4.79 Å². The smallest absolute Gasteiger partial charge is 0.410 e. The third-order valence-corrected chi connectivity index (χ3v) is 5.36. The highest BCUT2D eigenvalue weighted by molar-refractivity contribution is 5.83. The molecule has 3 fully saturated rings. The van der Waals surface area contributed by atoms with Gasteiger partial charge in [0.15, 0.2) is 0 Å². The van der Waals surface area contributed by atoms with E-state index in [4.69, 9.17) is 14.2 Å². The Morgan fingerprint density at radius 3 is 2.28 bits per heavy atom. The molecule has 0 aromatic rings. The van der Waals surface area contributed by atoms with E-state index in [0.29, 0.717) is 45.7 Å². The van der Waals surface area contributed by atoms with Crippen LogP contribution in [0.2, 0.25) is 0 Å². The molecule has 9 heteroatoms. The molecule has 9 nitrogen and oxygen atoms in total. The lowest BCUT2D eigenvalue weighted by Gasteiger charge is -2.42. The van der Waals surface area contributed by atoms with Crippen molar-refractivity contribution in [3.8, 4) is 0 Å². The molecule has 0 unspecified atom stereocenters. The number of rotatable bonds is 4. The number of carbonyl (C=O) groups excluding carboxylic acids is 3. The molecule has 0 aliphatic carbocycles. The number of amides is 3. The lowest BCUT2D eigenvalue weighted by atomic mass is 10.1. The summed E-state index contributed by atoms with van der Waals surface area (Å²) in [7, 11) is 0. The first kappa shape index (κ1) is 21.8. The van der Waals surface area contributed by atoms with Gasteiger partial charge >= 0.3 is 6.09 Å². The maximum absolute atomic E-state index is 12.9. The molecule has 0 radical (unpaired) electrons. The molecule has 3 aliphatic heterocycles. The van der Waals surface area contributed by atoms with Gasteiger partial charge in [-0.25, -0.2) is 4.79 Å². The van der Waals surface area contributed by atoms with Crippen LogP contribution < -0.4 is 5.32 Å². The predicted molar refractivity (Wildman–Crippen MR) is 104 cm³/mol. The normalized spacial score (nSPS) is 27.8. The SMILES string of the molecule is CC(C)(C)OC(=O)N1CCN(C(=O)[C@@H]2CCCO2)[C@H](CNC(=O)[C@@H]2CCCO2)C1. The van der Waals surface area contributed by atoms with E-state index in [-0.39, 0.29) is 24.4 Å². The van der Waals surface area contributed by atoms with Crippen LogP contribution in [0.25, 0.3) is 0 Å². The van der Waals surface area contributed by atoms with Crippen LogP contribution in [0, 0.1) is 0 Å². The molecular formula is C20H33N3O6. The summed E-state index contributed by atoms with van der Waals surface area (Å²) < 4.78 is 16.5. The van der Waals surface area contributed by atoms with Gasteiger partial charge in [0.2, 0.25) is 5.91 Å². The molecule has 164 valence electrons. The average molecular weight is 411 g/mol. The second-order valence-electron chi connectivity index (χ2n) is 8.86. The number of ether oxygens (including phenoxy) is 3. The molecule has 3 saturated heterocycles. The Morgan fingerprint density at radius 2 is 1.69 bits per heavy atom. The minimum atomic E-state index is -0.592. The van der Waals surface area contributed by atoms with Crippen LogP contribution in [-0.2, 0) is 23.8 Å². The summed E-state index contributed by atoms with van der Waals surface area (Å²) in [6.07, 6.45) is 1.89. The molecule has 29 heavy (non-hydrogen) atoms.